The minimum absolute atomic E-state index is 0.336. The molecule has 0 radical (unpaired) electrons. The lowest BCUT2D eigenvalue weighted by Crippen LogP contribution is -2.08. The summed E-state index contributed by atoms with van der Waals surface area (Å²) in [4.78, 5) is 12.7. The lowest BCUT2D eigenvalue weighted by atomic mass is 9.95. The van der Waals surface area contributed by atoms with Gasteiger partial charge in [-0.25, -0.2) is 4.79 Å². The molecule has 0 aliphatic heterocycles. The van der Waals surface area contributed by atoms with Gasteiger partial charge < -0.3 is 9.47 Å². The predicted octanol–water partition coefficient (Wildman–Crippen LogP) is 10.8. The van der Waals surface area contributed by atoms with Gasteiger partial charge in [0.2, 0.25) is 0 Å². The number of carbonyl (C=O) groups excluding carboxylic acids is 1. The first-order chi connectivity index (χ1) is 19.1. The number of hydrogen-bond donors (Lipinski definition) is 0. The molecule has 0 aliphatic carbocycles. The third-order valence-electron chi connectivity index (χ3n) is 7.48. The Balaban J connectivity index is 1.44. The van der Waals surface area contributed by atoms with Crippen molar-refractivity contribution in [3.8, 4) is 22.6 Å². The quantitative estimate of drug-likeness (QED) is 0.0935. The van der Waals surface area contributed by atoms with Gasteiger partial charge in [-0.3, -0.25) is 0 Å². The fourth-order valence-electron chi connectivity index (χ4n) is 4.87. The molecule has 0 saturated carbocycles. The van der Waals surface area contributed by atoms with Crippen molar-refractivity contribution >= 4 is 5.97 Å². The first kappa shape index (κ1) is 30.5. The molecule has 0 spiro atoms. The van der Waals surface area contributed by atoms with Crippen LogP contribution in [-0.4, -0.2) is 12.6 Å². The summed E-state index contributed by atoms with van der Waals surface area (Å²) >= 11 is 0. The molecule has 0 aliphatic rings. The van der Waals surface area contributed by atoms with Crippen molar-refractivity contribution in [1.29, 1.82) is 0 Å². The Morgan fingerprint density at radius 1 is 0.615 bits per heavy atom. The molecule has 1 atom stereocenters. The maximum absolute atomic E-state index is 12.7. The molecular formula is C36H48O3. The summed E-state index contributed by atoms with van der Waals surface area (Å²) in [6, 6.07) is 23.8. The average Bonchev–Trinajstić information content (AvgIpc) is 2.97. The van der Waals surface area contributed by atoms with Gasteiger partial charge in [0.15, 0.2) is 0 Å². The second-order valence-corrected chi connectivity index (χ2v) is 10.8. The molecule has 0 bridgehead atoms. The van der Waals surface area contributed by atoms with Gasteiger partial charge >= 0.3 is 5.97 Å². The maximum Gasteiger partial charge on any atom is 0.343 e. The molecule has 3 rings (SSSR count). The summed E-state index contributed by atoms with van der Waals surface area (Å²) in [6.07, 6.45) is 15.3. The second kappa shape index (κ2) is 17.5. The number of carbonyl (C=O) groups is 1. The highest BCUT2D eigenvalue weighted by atomic mass is 16.5. The Hall–Kier alpha value is -3.07. The van der Waals surface area contributed by atoms with Crippen LogP contribution >= 0.6 is 0 Å². The zero-order valence-electron chi connectivity index (χ0n) is 24.4. The molecule has 3 aromatic carbocycles. The first-order valence-electron chi connectivity index (χ1n) is 15.3. The highest BCUT2D eigenvalue weighted by Gasteiger charge is 2.11. The molecule has 0 unspecified atom stereocenters. The van der Waals surface area contributed by atoms with Gasteiger partial charge in [0.1, 0.15) is 11.5 Å². The predicted molar refractivity (Wildman–Crippen MR) is 164 cm³/mol. The van der Waals surface area contributed by atoms with E-state index in [1.807, 2.05) is 48.5 Å². The van der Waals surface area contributed by atoms with Crippen LogP contribution in [0.2, 0.25) is 0 Å². The van der Waals surface area contributed by atoms with Gasteiger partial charge in [-0.1, -0.05) is 121 Å². The first-order valence-corrected chi connectivity index (χ1v) is 15.3. The lowest BCUT2D eigenvalue weighted by Gasteiger charge is -2.13. The smallest absolute Gasteiger partial charge is 0.343 e. The van der Waals surface area contributed by atoms with Crippen LogP contribution in [0.3, 0.4) is 0 Å². The summed E-state index contributed by atoms with van der Waals surface area (Å²) in [5.74, 6) is 1.67. The van der Waals surface area contributed by atoms with Crippen molar-refractivity contribution in [2.24, 2.45) is 0 Å². The van der Waals surface area contributed by atoms with E-state index in [2.05, 4.69) is 45.0 Å². The fraction of sp³-hybridized carbons (Fsp3) is 0.472. The van der Waals surface area contributed by atoms with Gasteiger partial charge in [-0.05, 0) is 71.8 Å². The summed E-state index contributed by atoms with van der Waals surface area (Å²) < 4.78 is 11.5. The molecular weight excluding hydrogens is 480 g/mol. The Kier molecular flexibility index (Phi) is 13.7. The van der Waals surface area contributed by atoms with E-state index in [4.69, 9.17) is 9.47 Å². The molecule has 0 N–H and O–H groups in total. The van der Waals surface area contributed by atoms with Crippen LogP contribution in [0.4, 0.5) is 0 Å². The zero-order valence-corrected chi connectivity index (χ0v) is 24.4. The van der Waals surface area contributed by atoms with Crippen LogP contribution in [0.25, 0.3) is 11.1 Å². The summed E-state index contributed by atoms with van der Waals surface area (Å²) in [5, 5.41) is 0. The van der Waals surface area contributed by atoms with Crippen LogP contribution < -0.4 is 9.47 Å². The third-order valence-corrected chi connectivity index (χ3v) is 7.48. The molecule has 3 aromatic rings. The van der Waals surface area contributed by atoms with Crippen molar-refractivity contribution in [3.63, 3.8) is 0 Å². The average molecular weight is 529 g/mol. The van der Waals surface area contributed by atoms with E-state index < -0.39 is 0 Å². The molecule has 0 saturated heterocycles. The zero-order chi connectivity index (χ0) is 27.7. The van der Waals surface area contributed by atoms with Gasteiger partial charge in [0, 0.05) is 0 Å². The van der Waals surface area contributed by atoms with Crippen molar-refractivity contribution in [2.75, 3.05) is 6.61 Å². The summed E-state index contributed by atoms with van der Waals surface area (Å²) in [6.45, 7) is 7.54. The van der Waals surface area contributed by atoms with Gasteiger partial charge in [-0.15, -0.1) is 0 Å². The Bertz CT molecular complexity index is 1070. The highest BCUT2D eigenvalue weighted by Crippen LogP contribution is 2.26. The monoisotopic (exact) mass is 528 g/mol. The number of ether oxygens (including phenoxy) is 2. The number of hydrogen-bond acceptors (Lipinski definition) is 3. The van der Waals surface area contributed by atoms with E-state index in [1.165, 1.54) is 76.2 Å². The Labute approximate surface area is 237 Å². The third kappa shape index (κ3) is 10.9. The van der Waals surface area contributed by atoms with Crippen molar-refractivity contribution in [3.05, 3.63) is 83.9 Å². The molecule has 210 valence electrons. The van der Waals surface area contributed by atoms with E-state index in [9.17, 15) is 4.79 Å². The van der Waals surface area contributed by atoms with E-state index in [1.54, 1.807) is 0 Å². The topological polar surface area (TPSA) is 35.5 Å². The Morgan fingerprint density at radius 3 is 1.74 bits per heavy atom. The summed E-state index contributed by atoms with van der Waals surface area (Å²) in [7, 11) is 0. The molecule has 0 aromatic heterocycles. The van der Waals surface area contributed by atoms with Gasteiger partial charge in [0.05, 0.1) is 12.2 Å². The van der Waals surface area contributed by atoms with Crippen molar-refractivity contribution < 1.29 is 14.3 Å². The van der Waals surface area contributed by atoms with Crippen LogP contribution in [0.1, 0.15) is 120 Å². The molecule has 3 heteroatoms. The normalized spacial score (nSPS) is 11.8. The van der Waals surface area contributed by atoms with Crippen molar-refractivity contribution in [1.82, 2.24) is 0 Å². The van der Waals surface area contributed by atoms with Crippen LogP contribution in [0.15, 0.2) is 72.8 Å². The molecule has 39 heavy (non-hydrogen) atoms. The standard InChI is InChI=1S/C36H48O3/c1-4-6-8-10-12-14-28-38-34-24-22-32(23-25-34)31-16-18-33(19-17-31)36(37)39-35-26-20-30(21-27-35)29(3)15-13-11-9-7-5-2/h16-27,29H,4-15,28H2,1-3H3/t29-/m1/s1. The van der Waals surface area contributed by atoms with E-state index in [0.717, 1.165) is 29.9 Å². The minimum atomic E-state index is -0.336. The maximum atomic E-state index is 12.7. The van der Waals surface area contributed by atoms with Crippen molar-refractivity contribution in [2.45, 2.75) is 104 Å². The summed E-state index contributed by atoms with van der Waals surface area (Å²) in [5.41, 5.74) is 3.99. The van der Waals surface area contributed by atoms with E-state index in [0.29, 0.717) is 17.2 Å². The minimum Gasteiger partial charge on any atom is -0.494 e. The molecule has 3 nitrogen and oxygen atoms in total. The van der Waals surface area contributed by atoms with Gasteiger partial charge in [0.25, 0.3) is 0 Å². The van der Waals surface area contributed by atoms with E-state index >= 15 is 0 Å². The second-order valence-electron chi connectivity index (χ2n) is 10.8. The molecule has 0 fully saturated rings. The SMILES string of the molecule is CCCCCCCCOc1ccc(-c2ccc(C(=O)Oc3ccc([C@H](C)CCCCCCC)cc3)cc2)cc1. The number of unbranched alkanes of at least 4 members (excludes halogenated alkanes) is 9. The highest BCUT2D eigenvalue weighted by molar-refractivity contribution is 5.91. The van der Waals surface area contributed by atoms with Crippen LogP contribution in [-0.2, 0) is 0 Å². The number of rotatable bonds is 18. The number of benzene rings is 3. The fourth-order valence-corrected chi connectivity index (χ4v) is 4.87. The number of esters is 1. The lowest BCUT2D eigenvalue weighted by molar-refractivity contribution is 0.0734. The molecule has 0 amide bonds. The van der Waals surface area contributed by atoms with Crippen LogP contribution in [0.5, 0.6) is 11.5 Å². The largest absolute Gasteiger partial charge is 0.494 e. The van der Waals surface area contributed by atoms with Crippen LogP contribution in [0, 0.1) is 0 Å². The van der Waals surface area contributed by atoms with E-state index in [-0.39, 0.29) is 5.97 Å². The van der Waals surface area contributed by atoms with Gasteiger partial charge in [-0.2, -0.15) is 0 Å². The molecule has 0 heterocycles. The Morgan fingerprint density at radius 2 is 1.13 bits per heavy atom.